The smallest absolute Gasteiger partial charge is 0.243 e. The number of nitrogens with zero attached hydrogens (tertiary/aromatic N) is 3. The fraction of sp³-hybridized carbons (Fsp3) is 0.167. The van der Waals surface area contributed by atoms with Gasteiger partial charge in [0.15, 0.2) is 0 Å². The molecule has 0 aliphatic carbocycles. The summed E-state index contributed by atoms with van der Waals surface area (Å²) in [5.41, 5.74) is 10.9. The third-order valence-corrected chi connectivity index (χ3v) is 7.81. The molecule has 4 aromatic rings. The van der Waals surface area contributed by atoms with Crippen LogP contribution in [0.25, 0.3) is 11.0 Å². The monoisotopic (exact) mass is 445 g/mol. The van der Waals surface area contributed by atoms with E-state index in [-0.39, 0.29) is 10.7 Å². The van der Waals surface area contributed by atoms with E-state index in [0.29, 0.717) is 30.6 Å². The number of fused-ring (bicyclic) bond motifs is 2. The van der Waals surface area contributed by atoms with Crippen molar-refractivity contribution in [1.29, 1.82) is 5.41 Å². The summed E-state index contributed by atoms with van der Waals surface area (Å²) in [6.07, 6.45) is 0.590. The summed E-state index contributed by atoms with van der Waals surface area (Å²) in [5.74, 6) is 0.868. The van der Waals surface area contributed by atoms with Crippen LogP contribution in [0, 0.1) is 5.41 Å². The SMILES string of the molecule is Cn1c(Cc2ccc(C(=N)N)cc2)nc2cc(S(=O)(=O)N3Cc4ccccc4C3)ccc21. The summed E-state index contributed by atoms with van der Waals surface area (Å²) >= 11 is 0. The highest BCUT2D eigenvalue weighted by Crippen LogP contribution is 2.30. The second kappa shape index (κ2) is 7.58. The Balaban J connectivity index is 1.44. The van der Waals surface area contributed by atoms with Crippen molar-refractivity contribution in [2.75, 3.05) is 0 Å². The van der Waals surface area contributed by atoms with Gasteiger partial charge in [0.2, 0.25) is 10.0 Å². The number of sulfonamides is 1. The molecule has 162 valence electrons. The van der Waals surface area contributed by atoms with Crippen molar-refractivity contribution in [3.8, 4) is 0 Å². The van der Waals surface area contributed by atoms with E-state index in [2.05, 4.69) is 0 Å². The van der Waals surface area contributed by atoms with Gasteiger partial charge in [-0.25, -0.2) is 13.4 Å². The van der Waals surface area contributed by atoms with Crippen molar-refractivity contribution in [2.45, 2.75) is 24.4 Å². The molecule has 0 atom stereocenters. The largest absolute Gasteiger partial charge is 0.384 e. The molecule has 1 aliphatic heterocycles. The number of aromatic nitrogens is 2. The molecule has 32 heavy (non-hydrogen) atoms. The summed E-state index contributed by atoms with van der Waals surface area (Å²) < 4.78 is 30.1. The average molecular weight is 446 g/mol. The molecule has 3 N–H and O–H groups in total. The molecule has 1 aromatic heterocycles. The van der Waals surface area contributed by atoms with Gasteiger partial charge in [-0.1, -0.05) is 48.5 Å². The van der Waals surface area contributed by atoms with Crippen molar-refractivity contribution in [2.24, 2.45) is 12.8 Å². The molecule has 1 aliphatic rings. The third kappa shape index (κ3) is 3.47. The zero-order valence-electron chi connectivity index (χ0n) is 17.6. The van der Waals surface area contributed by atoms with Gasteiger partial charge in [0, 0.05) is 32.1 Å². The number of nitrogens with two attached hydrogens (primary N) is 1. The molecule has 0 amide bonds. The van der Waals surface area contributed by atoms with E-state index in [1.807, 2.05) is 66.2 Å². The highest BCUT2D eigenvalue weighted by molar-refractivity contribution is 7.89. The van der Waals surface area contributed by atoms with Crippen LogP contribution >= 0.6 is 0 Å². The molecule has 0 saturated heterocycles. The number of aryl methyl sites for hydroxylation is 1. The summed E-state index contributed by atoms with van der Waals surface area (Å²) in [5, 5.41) is 7.51. The lowest BCUT2D eigenvalue weighted by Gasteiger charge is -2.15. The van der Waals surface area contributed by atoms with Crippen LogP contribution in [0.1, 0.15) is 28.1 Å². The maximum absolute atomic E-state index is 13.3. The highest BCUT2D eigenvalue weighted by atomic mass is 32.2. The standard InChI is InChI=1S/C24H23N5O2S/c1-28-22-11-10-20(32(30,31)29-14-18-4-2-3-5-19(18)15-29)13-21(22)27-23(28)12-16-6-8-17(9-7-16)24(25)26/h2-11,13H,12,14-15H2,1H3,(H3,25,26). The Morgan fingerprint density at radius 1 is 1.03 bits per heavy atom. The lowest BCUT2D eigenvalue weighted by Crippen LogP contribution is -2.25. The molecule has 7 nitrogen and oxygen atoms in total. The Morgan fingerprint density at radius 3 is 2.31 bits per heavy atom. The number of nitrogens with one attached hydrogen (secondary N) is 1. The van der Waals surface area contributed by atoms with Crippen LogP contribution in [0.4, 0.5) is 0 Å². The van der Waals surface area contributed by atoms with Gasteiger partial charge in [0.25, 0.3) is 0 Å². The first-order valence-electron chi connectivity index (χ1n) is 10.3. The molecule has 0 fully saturated rings. The lowest BCUT2D eigenvalue weighted by atomic mass is 10.1. The summed E-state index contributed by atoms with van der Waals surface area (Å²) in [6, 6.07) is 20.5. The highest BCUT2D eigenvalue weighted by Gasteiger charge is 2.30. The number of hydrogen-bond donors (Lipinski definition) is 2. The Kier molecular flexibility index (Phi) is 4.83. The van der Waals surface area contributed by atoms with E-state index in [9.17, 15) is 8.42 Å². The topological polar surface area (TPSA) is 105 Å². The summed E-state index contributed by atoms with van der Waals surface area (Å²) in [4.78, 5) is 4.98. The maximum atomic E-state index is 13.3. The summed E-state index contributed by atoms with van der Waals surface area (Å²) in [6.45, 7) is 0.778. The van der Waals surface area contributed by atoms with E-state index in [0.717, 1.165) is 28.0 Å². The van der Waals surface area contributed by atoms with Gasteiger partial charge in [0.05, 0.1) is 15.9 Å². The van der Waals surface area contributed by atoms with Gasteiger partial charge < -0.3 is 10.3 Å². The van der Waals surface area contributed by atoms with Crippen molar-refractivity contribution >= 4 is 26.9 Å². The number of rotatable bonds is 5. The van der Waals surface area contributed by atoms with Crippen LogP contribution in [0.5, 0.6) is 0 Å². The molecule has 0 spiro atoms. The number of nitrogen functional groups attached to an aromatic ring is 1. The van der Waals surface area contributed by atoms with Gasteiger partial charge in [0.1, 0.15) is 11.7 Å². The van der Waals surface area contributed by atoms with Gasteiger partial charge >= 0.3 is 0 Å². The van der Waals surface area contributed by atoms with Crippen molar-refractivity contribution in [3.63, 3.8) is 0 Å². The second-order valence-electron chi connectivity index (χ2n) is 8.07. The Hall–Kier alpha value is -3.49. The van der Waals surface area contributed by atoms with E-state index in [1.165, 1.54) is 4.31 Å². The quantitative estimate of drug-likeness (QED) is 0.364. The van der Waals surface area contributed by atoms with Crippen LogP contribution in [0.3, 0.4) is 0 Å². The molecule has 0 bridgehead atoms. The zero-order valence-corrected chi connectivity index (χ0v) is 18.4. The van der Waals surface area contributed by atoms with Crippen molar-refractivity contribution < 1.29 is 8.42 Å². The van der Waals surface area contributed by atoms with Crippen LogP contribution in [-0.4, -0.2) is 28.1 Å². The number of amidine groups is 1. The predicted octanol–water partition coefficient (Wildman–Crippen LogP) is 3.15. The third-order valence-electron chi connectivity index (χ3n) is 6.02. The molecular formula is C24H23N5O2S. The van der Waals surface area contributed by atoms with Crippen LogP contribution in [0.2, 0.25) is 0 Å². The fourth-order valence-electron chi connectivity index (χ4n) is 4.15. The maximum Gasteiger partial charge on any atom is 0.243 e. The van der Waals surface area contributed by atoms with E-state index < -0.39 is 10.0 Å². The molecular weight excluding hydrogens is 422 g/mol. The Morgan fingerprint density at radius 2 is 1.69 bits per heavy atom. The Bertz CT molecular complexity index is 1430. The van der Waals surface area contributed by atoms with Gasteiger partial charge in [-0.15, -0.1) is 0 Å². The molecule has 2 heterocycles. The molecule has 8 heteroatoms. The van der Waals surface area contributed by atoms with Gasteiger partial charge in [-0.2, -0.15) is 4.31 Å². The molecule has 0 unspecified atom stereocenters. The lowest BCUT2D eigenvalue weighted by molar-refractivity contribution is 0.431. The van der Waals surface area contributed by atoms with Gasteiger partial charge in [-0.05, 0) is 34.9 Å². The first-order valence-corrected chi connectivity index (χ1v) is 11.7. The minimum absolute atomic E-state index is 0.0362. The van der Waals surface area contributed by atoms with E-state index >= 15 is 0 Å². The normalized spacial score (nSPS) is 14.0. The summed E-state index contributed by atoms with van der Waals surface area (Å²) in [7, 11) is -1.69. The van der Waals surface area contributed by atoms with Crippen LogP contribution in [-0.2, 0) is 36.6 Å². The second-order valence-corrected chi connectivity index (χ2v) is 10.0. The van der Waals surface area contributed by atoms with Crippen LogP contribution < -0.4 is 5.73 Å². The molecule has 0 saturated carbocycles. The Labute approximate surface area is 186 Å². The number of hydrogen-bond acceptors (Lipinski definition) is 4. The minimum Gasteiger partial charge on any atom is -0.384 e. The first-order chi connectivity index (χ1) is 15.3. The van der Waals surface area contributed by atoms with Crippen molar-refractivity contribution in [3.05, 3.63) is 94.8 Å². The minimum atomic E-state index is -3.62. The molecule has 5 rings (SSSR count). The van der Waals surface area contributed by atoms with Crippen LogP contribution in [0.15, 0.2) is 71.6 Å². The average Bonchev–Trinajstić information content (AvgIpc) is 3.36. The number of benzene rings is 3. The fourth-order valence-corrected chi connectivity index (χ4v) is 5.57. The number of imidazole rings is 1. The van der Waals surface area contributed by atoms with Gasteiger partial charge in [-0.3, -0.25) is 5.41 Å². The predicted molar refractivity (Wildman–Crippen MR) is 124 cm³/mol. The van der Waals surface area contributed by atoms with E-state index in [1.54, 1.807) is 12.1 Å². The molecule has 0 radical (unpaired) electrons. The first kappa shape index (κ1) is 20.4. The zero-order chi connectivity index (χ0) is 22.5. The molecule has 3 aromatic carbocycles. The van der Waals surface area contributed by atoms with E-state index in [4.69, 9.17) is 16.1 Å². The van der Waals surface area contributed by atoms with Crippen molar-refractivity contribution in [1.82, 2.24) is 13.9 Å².